The van der Waals surface area contributed by atoms with Crippen LogP contribution in [-0.2, 0) is 13.8 Å². The number of nitrogens with one attached hydrogen (secondary N) is 1. The molecule has 0 atom stereocenters. The Hall–Kier alpha value is -1.53. The zero-order valence-corrected chi connectivity index (χ0v) is 13.8. The van der Waals surface area contributed by atoms with E-state index < -0.39 is 24.2 Å². The van der Waals surface area contributed by atoms with Crippen LogP contribution in [0.1, 0.15) is 5.56 Å². The molecule has 0 aliphatic heterocycles. The first-order chi connectivity index (χ1) is 9.68. The van der Waals surface area contributed by atoms with Crippen LogP contribution in [0.5, 0.6) is 0 Å². The van der Waals surface area contributed by atoms with Crippen molar-refractivity contribution in [3.05, 3.63) is 54.1 Å². The van der Waals surface area contributed by atoms with E-state index in [0.717, 1.165) is 5.56 Å². The Morgan fingerprint density at radius 3 is 1.95 bits per heavy atom. The number of aryl methyl sites for hydroxylation is 1. The molecular formula is C13H14AsNO5S. The molecule has 0 saturated heterocycles. The SMILES string of the molecule is Cc1ccc(S(=O)(=O)Nc2ccc([As](=O)(O)O)cc2)cc1. The van der Waals surface area contributed by atoms with Gasteiger partial charge >= 0.3 is 125 Å². The summed E-state index contributed by atoms with van der Waals surface area (Å²) in [7, 11) is -3.72. The molecule has 6 nitrogen and oxygen atoms in total. The van der Waals surface area contributed by atoms with E-state index in [0.29, 0.717) is 0 Å². The monoisotopic (exact) mass is 371 g/mol. The van der Waals surface area contributed by atoms with E-state index >= 15 is 0 Å². The van der Waals surface area contributed by atoms with Gasteiger partial charge in [0.25, 0.3) is 0 Å². The van der Waals surface area contributed by atoms with Gasteiger partial charge in [-0.25, -0.2) is 0 Å². The van der Waals surface area contributed by atoms with Gasteiger partial charge in [-0.3, -0.25) is 0 Å². The van der Waals surface area contributed by atoms with Crippen LogP contribution in [0.2, 0.25) is 0 Å². The summed E-state index contributed by atoms with van der Waals surface area (Å²) < 4.78 is 55.7. The molecule has 0 aliphatic carbocycles. The second-order valence-corrected chi connectivity index (χ2v) is 9.56. The molecule has 0 spiro atoms. The van der Waals surface area contributed by atoms with Crippen LogP contribution in [0.25, 0.3) is 0 Å². The van der Waals surface area contributed by atoms with Crippen LogP contribution in [0.3, 0.4) is 0 Å². The third-order valence-electron chi connectivity index (χ3n) is 2.79. The van der Waals surface area contributed by atoms with E-state index in [2.05, 4.69) is 4.72 Å². The van der Waals surface area contributed by atoms with Gasteiger partial charge in [-0.2, -0.15) is 0 Å². The summed E-state index contributed by atoms with van der Waals surface area (Å²) in [6, 6.07) is 11.4. The van der Waals surface area contributed by atoms with Gasteiger partial charge < -0.3 is 0 Å². The van der Waals surface area contributed by atoms with Gasteiger partial charge in [0.15, 0.2) is 0 Å². The molecule has 21 heavy (non-hydrogen) atoms. The Labute approximate surface area is 125 Å². The molecule has 0 fully saturated rings. The van der Waals surface area contributed by atoms with E-state index in [1.165, 1.54) is 36.4 Å². The molecule has 0 bridgehead atoms. The van der Waals surface area contributed by atoms with Crippen molar-refractivity contribution in [3.8, 4) is 0 Å². The molecule has 0 unspecified atom stereocenters. The van der Waals surface area contributed by atoms with E-state index in [9.17, 15) is 12.2 Å². The van der Waals surface area contributed by atoms with Crippen molar-refractivity contribution in [2.75, 3.05) is 4.72 Å². The molecule has 0 radical (unpaired) electrons. The summed E-state index contributed by atoms with van der Waals surface area (Å²) in [6.45, 7) is 1.85. The first kappa shape index (κ1) is 15.8. The molecule has 3 N–H and O–H groups in total. The molecule has 0 saturated carbocycles. The van der Waals surface area contributed by atoms with Crippen molar-refractivity contribution in [3.63, 3.8) is 0 Å². The zero-order valence-electron chi connectivity index (χ0n) is 11.1. The van der Waals surface area contributed by atoms with Gasteiger partial charge in [-0.05, 0) is 0 Å². The van der Waals surface area contributed by atoms with Crippen LogP contribution in [0.15, 0.2) is 53.4 Å². The third-order valence-corrected chi connectivity index (χ3v) is 6.22. The quantitative estimate of drug-likeness (QED) is 0.674. The molecule has 2 aromatic carbocycles. The van der Waals surface area contributed by atoms with Gasteiger partial charge in [0.05, 0.1) is 0 Å². The van der Waals surface area contributed by atoms with Crippen molar-refractivity contribution < 1.29 is 20.3 Å². The Bertz CT molecular complexity index is 778. The molecule has 2 aromatic rings. The molecule has 8 heteroatoms. The minimum atomic E-state index is -4.95. The van der Waals surface area contributed by atoms with Gasteiger partial charge in [0.2, 0.25) is 0 Å². The Morgan fingerprint density at radius 1 is 0.952 bits per heavy atom. The molecule has 0 amide bonds. The normalized spacial score (nSPS) is 12.1. The van der Waals surface area contributed by atoms with Gasteiger partial charge in [0.1, 0.15) is 0 Å². The summed E-state index contributed by atoms with van der Waals surface area (Å²) in [5, 5.41) is 0. The van der Waals surface area contributed by atoms with E-state index in [1.807, 2.05) is 6.92 Å². The van der Waals surface area contributed by atoms with Gasteiger partial charge in [-0.15, -0.1) is 0 Å². The second-order valence-electron chi connectivity index (χ2n) is 4.51. The second kappa shape index (κ2) is 5.69. The Morgan fingerprint density at radius 2 is 1.48 bits per heavy atom. The van der Waals surface area contributed by atoms with Crippen LogP contribution < -0.4 is 9.07 Å². The number of benzene rings is 2. The summed E-state index contributed by atoms with van der Waals surface area (Å²) in [4.78, 5) is 0.122. The summed E-state index contributed by atoms with van der Waals surface area (Å²) >= 11 is -4.95. The van der Waals surface area contributed by atoms with Crippen LogP contribution in [0, 0.1) is 6.92 Å². The fourth-order valence-corrected chi connectivity index (χ4v) is 3.84. The van der Waals surface area contributed by atoms with E-state index in [1.54, 1.807) is 12.1 Å². The van der Waals surface area contributed by atoms with Crippen LogP contribution >= 0.6 is 0 Å². The standard InChI is InChI=1S/C13H14AsNO5S/c1-10-2-8-13(9-3-10)21(19,20)15-12-6-4-11(5-7-12)14(16,17)18/h2-9,15H,1H3,(H2,16,17,18). The number of hydrogen-bond donors (Lipinski definition) is 3. The maximum atomic E-state index is 12.1. The topological polar surface area (TPSA) is 104 Å². The average molecular weight is 371 g/mol. The molecule has 112 valence electrons. The van der Waals surface area contributed by atoms with E-state index in [-0.39, 0.29) is 14.9 Å². The number of hydrogen-bond acceptors (Lipinski definition) is 3. The van der Waals surface area contributed by atoms with Crippen molar-refractivity contribution in [1.29, 1.82) is 0 Å². The Balaban J connectivity index is 2.25. The Kier molecular flexibility index (Phi) is 4.30. The predicted octanol–water partition coefficient (Wildman–Crippen LogP) is 0.357. The summed E-state index contributed by atoms with van der Waals surface area (Å²) in [6.07, 6.45) is 0. The van der Waals surface area contributed by atoms with Crippen molar-refractivity contribution in [2.24, 2.45) is 0 Å². The van der Waals surface area contributed by atoms with Gasteiger partial charge in [-0.1, -0.05) is 0 Å². The van der Waals surface area contributed by atoms with Crippen molar-refractivity contribution >= 4 is 34.2 Å². The van der Waals surface area contributed by atoms with Crippen molar-refractivity contribution in [1.82, 2.24) is 0 Å². The predicted molar refractivity (Wildman–Crippen MR) is 78.9 cm³/mol. The molecule has 0 aliphatic rings. The first-order valence-corrected chi connectivity index (χ1v) is 10.8. The minimum absolute atomic E-state index is 0.105. The molecule has 0 aromatic heterocycles. The fraction of sp³-hybridized carbons (Fsp3) is 0.0769. The summed E-state index contributed by atoms with van der Waals surface area (Å²) in [5.41, 5.74) is 1.19. The van der Waals surface area contributed by atoms with Gasteiger partial charge in [0, 0.05) is 0 Å². The average Bonchev–Trinajstić information content (AvgIpc) is 2.38. The van der Waals surface area contributed by atoms with Crippen LogP contribution in [0.4, 0.5) is 5.69 Å². The number of sulfonamides is 1. The molecular weight excluding hydrogens is 357 g/mol. The number of rotatable bonds is 4. The first-order valence-electron chi connectivity index (χ1n) is 5.94. The maximum absolute atomic E-state index is 12.1. The molecule has 2 rings (SSSR count). The number of anilines is 1. The van der Waals surface area contributed by atoms with Crippen molar-refractivity contribution in [2.45, 2.75) is 11.8 Å². The zero-order chi connectivity index (χ0) is 15.7. The molecule has 0 heterocycles. The van der Waals surface area contributed by atoms with E-state index in [4.69, 9.17) is 8.19 Å². The van der Waals surface area contributed by atoms with Crippen LogP contribution in [-0.4, -0.2) is 30.8 Å². The summed E-state index contributed by atoms with van der Waals surface area (Å²) in [5.74, 6) is 0. The fourth-order valence-electron chi connectivity index (χ4n) is 1.66. The third kappa shape index (κ3) is 3.98.